The molecular formula is C34H30ClN7S2. The molecular weight excluding hydrogens is 606 g/mol. The molecule has 0 saturated heterocycles. The normalized spacial score (nSPS) is 11.0. The van der Waals surface area contributed by atoms with Gasteiger partial charge in [-0.15, -0.1) is 22.7 Å². The number of rotatable bonds is 8. The number of hydrogen-bond donors (Lipinski definition) is 1. The van der Waals surface area contributed by atoms with Crippen molar-refractivity contribution in [2.45, 2.75) is 33.1 Å². The summed E-state index contributed by atoms with van der Waals surface area (Å²) in [5.41, 5.74) is 2.86. The van der Waals surface area contributed by atoms with Gasteiger partial charge >= 0.3 is 0 Å². The smallest absolute Gasteiger partial charge is 0.181 e. The van der Waals surface area contributed by atoms with Crippen LogP contribution in [0.25, 0.3) is 43.5 Å². The van der Waals surface area contributed by atoms with E-state index in [1.54, 1.807) is 35.1 Å². The Morgan fingerprint density at radius 1 is 0.659 bits per heavy atom. The van der Waals surface area contributed by atoms with Crippen molar-refractivity contribution in [2.75, 3.05) is 11.9 Å². The van der Waals surface area contributed by atoms with Crippen molar-refractivity contribution in [3.8, 4) is 23.0 Å². The quantitative estimate of drug-likeness (QED) is 0.167. The number of thiophene rings is 2. The van der Waals surface area contributed by atoms with Crippen LogP contribution in [0, 0.1) is 0 Å². The van der Waals surface area contributed by atoms with Crippen LogP contribution in [-0.4, -0.2) is 36.4 Å². The maximum atomic E-state index is 6.21. The van der Waals surface area contributed by atoms with E-state index < -0.39 is 0 Å². The molecule has 1 aromatic carbocycles. The third-order valence-corrected chi connectivity index (χ3v) is 9.51. The van der Waals surface area contributed by atoms with Gasteiger partial charge in [0, 0.05) is 34.1 Å². The molecule has 0 atom stereocenters. The van der Waals surface area contributed by atoms with E-state index in [1.807, 2.05) is 42.5 Å². The van der Waals surface area contributed by atoms with Gasteiger partial charge in [-0.05, 0) is 61.2 Å². The lowest BCUT2D eigenvalue weighted by Crippen LogP contribution is -2.07. The van der Waals surface area contributed by atoms with E-state index in [2.05, 4.69) is 75.5 Å². The zero-order valence-electron chi connectivity index (χ0n) is 24.4. The number of benzene rings is 1. The van der Waals surface area contributed by atoms with Gasteiger partial charge in [0.25, 0.3) is 0 Å². The summed E-state index contributed by atoms with van der Waals surface area (Å²) >= 11 is 9.60. The lowest BCUT2D eigenvalue weighted by molar-refractivity contribution is 1.01. The van der Waals surface area contributed by atoms with Gasteiger partial charge in [0.2, 0.25) is 0 Å². The van der Waals surface area contributed by atoms with Crippen LogP contribution >= 0.6 is 34.3 Å². The molecule has 220 valence electrons. The number of aromatic nitrogens is 6. The first-order valence-electron chi connectivity index (χ1n) is 14.5. The zero-order chi connectivity index (χ0) is 30.3. The van der Waals surface area contributed by atoms with E-state index >= 15 is 0 Å². The largest absolute Gasteiger partial charge is 0.369 e. The third kappa shape index (κ3) is 6.91. The van der Waals surface area contributed by atoms with Crippen molar-refractivity contribution in [1.82, 2.24) is 29.9 Å². The van der Waals surface area contributed by atoms with Crippen LogP contribution in [0.1, 0.15) is 29.2 Å². The first kappa shape index (κ1) is 29.7. The number of anilines is 1. The number of pyridine rings is 2. The Kier molecular flexibility index (Phi) is 9.45. The third-order valence-electron chi connectivity index (χ3n) is 6.87. The minimum absolute atomic E-state index is 0.497. The van der Waals surface area contributed by atoms with Gasteiger partial charge in [0.15, 0.2) is 11.6 Å². The van der Waals surface area contributed by atoms with Gasteiger partial charge in [-0.2, -0.15) is 0 Å². The number of nitrogens with zero attached hydrogens (tertiary/aromatic N) is 6. The maximum Gasteiger partial charge on any atom is 0.181 e. The van der Waals surface area contributed by atoms with Crippen molar-refractivity contribution < 1.29 is 0 Å². The molecule has 0 amide bonds. The highest BCUT2D eigenvalue weighted by atomic mass is 35.5. The summed E-state index contributed by atoms with van der Waals surface area (Å²) in [4.78, 5) is 31.5. The predicted octanol–water partition coefficient (Wildman–Crippen LogP) is 8.94. The molecule has 7 aromatic rings. The molecule has 0 aliphatic rings. The summed E-state index contributed by atoms with van der Waals surface area (Å²) in [7, 11) is 0. The molecule has 0 spiro atoms. The Morgan fingerprint density at radius 2 is 1.23 bits per heavy atom. The highest BCUT2D eigenvalue weighted by Crippen LogP contribution is 2.32. The first-order chi connectivity index (χ1) is 21.6. The van der Waals surface area contributed by atoms with Crippen LogP contribution in [0.15, 0.2) is 91.3 Å². The van der Waals surface area contributed by atoms with Crippen molar-refractivity contribution >= 4 is 60.5 Å². The Morgan fingerprint density at radius 3 is 1.82 bits per heavy atom. The number of halogens is 1. The predicted molar refractivity (Wildman–Crippen MR) is 184 cm³/mol. The van der Waals surface area contributed by atoms with Gasteiger partial charge in [-0.3, -0.25) is 9.97 Å². The Hall–Kier alpha value is -4.31. The molecule has 0 aliphatic carbocycles. The van der Waals surface area contributed by atoms with Crippen LogP contribution in [0.4, 0.5) is 5.82 Å². The average Bonchev–Trinajstić information content (AvgIpc) is 3.71. The highest BCUT2D eigenvalue weighted by molar-refractivity contribution is 7.19. The molecule has 6 aromatic heterocycles. The molecule has 0 bridgehead atoms. The van der Waals surface area contributed by atoms with Crippen LogP contribution in [0.3, 0.4) is 0 Å². The first-order valence-corrected chi connectivity index (χ1v) is 16.5. The van der Waals surface area contributed by atoms with Crippen molar-refractivity contribution in [1.29, 1.82) is 0 Å². The molecule has 0 aliphatic heterocycles. The Labute approximate surface area is 269 Å². The molecule has 44 heavy (non-hydrogen) atoms. The van der Waals surface area contributed by atoms with Crippen molar-refractivity contribution in [3.05, 3.63) is 112 Å². The molecule has 0 fully saturated rings. The second-order valence-corrected chi connectivity index (χ2v) is 12.5. The summed E-state index contributed by atoms with van der Waals surface area (Å²) in [6.45, 7) is 5.11. The van der Waals surface area contributed by atoms with E-state index in [0.717, 1.165) is 63.4 Å². The van der Waals surface area contributed by atoms with Crippen LogP contribution < -0.4 is 5.32 Å². The maximum absolute atomic E-state index is 6.21. The summed E-state index contributed by atoms with van der Waals surface area (Å²) in [5.74, 6) is 2.14. The molecule has 10 heteroatoms. The minimum atomic E-state index is 0.497. The number of fused-ring (bicyclic) bond motifs is 2. The second kappa shape index (κ2) is 14.0. The van der Waals surface area contributed by atoms with Crippen molar-refractivity contribution in [3.63, 3.8) is 0 Å². The van der Waals surface area contributed by atoms with Crippen LogP contribution in [-0.2, 0) is 19.3 Å². The van der Waals surface area contributed by atoms with Gasteiger partial charge < -0.3 is 5.32 Å². The van der Waals surface area contributed by atoms with Crippen molar-refractivity contribution in [2.24, 2.45) is 0 Å². The lowest BCUT2D eigenvalue weighted by atomic mass is 10.1. The number of nitrogens with one attached hydrogen (secondary N) is 1. The monoisotopic (exact) mass is 635 g/mol. The molecule has 6 heterocycles. The zero-order valence-corrected chi connectivity index (χ0v) is 26.8. The Bertz CT molecular complexity index is 1980. The number of aryl methyl sites for hydroxylation is 2. The van der Waals surface area contributed by atoms with E-state index in [-0.39, 0.29) is 0 Å². The van der Waals surface area contributed by atoms with Gasteiger partial charge in [-0.25, -0.2) is 19.9 Å². The fourth-order valence-electron chi connectivity index (χ4n) is 4.58. The fraction of sp³-hybridized carbons (Fsp3) is 0.176. The summed E-state index contributed by atoms with van der Waals surface area (Å²) in [6.07, 6.45) is 6.44. The molecule has 1 N–H and O–H groups in total. The summed E-state index contributed by atoms with van der Waals surface area (Å²) < 4.78 is 0. The lowest BCUT2D eigenvalue weighted by Gasteiger charge is -2.09. The highest BCUT2D eigenvalue weighted by Gasteiger charge is 2.14. The molecule has 0 unspecified atom stereocenters. The van der Waals surface area contributed by atoms with Crippen LogP contribution in [0.5, 0.6) is 0 Å². The van der Waals surface area contributed by atoms with E-state index in [4.69, 9.17) is 21.6 Å². The van der Waals surface area contributed by atoms with E-state index in [9.17, 15) is 0 Å². The topological polar surface area (TPSA) is 89.4 Å². The molecule has 7 nitrogen and oxygen atoms in total. The summed E-state index contributed by atoms with van der Waals surface area (Å²) in [5, 5.41) is 6.03. The Balaban J connectivity index is 0.000000167. The van der Waals surface area contributed by atoms with Gasteiger partial charge in [0.1, 0.15) is 32.0 Å². The molecule has 0 saturated carbocycles. The fourth-order valence-corrected chi connectivity index (χ4v) is 6.79. The van der Waals surface area contributed by atoms with E-state index in [0.29, 0.717) is 16.8 Å². The second-order valence-electron chi connectivity index (χ2n) is 9.90. The van der Waals surface area contributed by atoms with E-state index in [1.165, 1.54) is 15.3 Å². The molecule has 7 rings (SSSR count). The number of hydrogen-bond acceptors (Lipinski definition) is 9. The average molecular weight is 636 g/mol. The summed E-state index contributed by atoms with van der Waals surface area (Å²) in [6, 6.07) is 26.2. The standard InChI is InChI=1S/C21H20N4S.C13H10ClN3S/c1-2-16-14-17-19(23-13-11-15-8-4-3-5-9-15)24-20(25-21(17)26-16)18-10-6-7-12-22-18;1-2-8-7-9-11(14)16-12(17-13(9)18-8)10-5-3-4-6-15-10/h3-10,12,14H,2,11,13H2,1H3,(H,23,24,25);3-7H,2H2,1H3. The van der Waals surface area contributed by atoms with Gasteiger partial charge in [-0.1, -0.05) is 67.9 Å². The van der Waals surface area contributed by atoms with Gasteiger partial charge in [0.05, 0.1) is 5.39 Å². The SMILES string of the molecule is CCc1cc2c(Cl)nc(-c3ccccn3)nc2s1.CCc1cc2c(NCCc3ccccc3)nc(-c3ccccn3)nc2s1. The minimum Gasteiger partial charge on any atom is -0.369 e. The van der Waals surface area contributed by atoms with Crippen LogP contribution in [0.2, 0.25) is 5.15 Å². The molecule has 0 radical (unpaired) electrons.